The lowest BCUT2D eigenvalue weighted by atomic mass is 10.1. The van der Waals surface area contributed by atoms with Crippen LogP contribution in [0.2, 0.25) is 0 Å². The first kappa shape index (κ1) is 14.4. The Morgan fingerprint density at radius 2 is 1.78 bits per heavy atom. The molecule has 1 aromatic carbocycles. The van der Waals surface area contributed by atoms with Crippen LogP contribution in [-0.2, 0) is 4.74 Å². The lowest BCUT2D eigenvalue weighted by Gasteiger charge is -2.26. The molecule has 0 aliphatic rings. The van der Waals surface area contributed by atoms with Crippen molar-refractivity contribution in [1.29, 1.82) is 0 Å². The van der Waals surface area contributed by atoms with E-state index in [9.17, 15) is 0 Å². The van der Waals surface area contributed by atoms with E-state index in [2.05, 4.69) is 5.92 Å². The summed E-state index contributed by atoms with van der Waals surface area (Å²) in [6, 6.07) is 7.44. The Kier molecular flexibility index (Phi) is 5.54. The molecule has 0 radical (unpaired) electrons. The molecular weight excluding hydrogens is 228 g/mol. The van der Waals surface area contributed by atoms with Crippen molar-refractivity contribution in [2.24, 2.45) is 0 Å². The molecule has 0 saturated heterocycles. The fourth-order valence-electron chi connectivity index (χ4n) is 1.45. The highest BCUT2D eigenvalue weighted by atomic mass is 16.5. The SMILES string of the molecule is C#CCOc1ccc(OC(C)(C)CCOC)cc1. The van der Waals surface area contributed by atoms with Gasteiger partial charge in [0, 0.05) is 20.1 Å². The summed E-state index contributed by atoms with van der Waals surface area (Å²) in [4.78, 5) is 0. The van der Waals surface area contributed by atoms with Crippen molar-refractivity contribution in [3.63, 3.8) is 0 Å². The molecular formula is C15H20O3. The quantitative estimate of drug-likeness (QED) is 0.694. The predicted octanol–water partition coefficient (Wildman–Crippen LogP) is 2.89. The zero-order valence-corrected chi connectivity index (χ0v) is 11.2. The van der Waals surface area contributed by atoms with Crippen molar-refractivity contribution in [2.75, 3.05) is 20.3 Å². The Bertz CT molecular complexity index is 387. The second kappa shape index (κ2) is 6.93. The standard InChI is InChI=1S/C15H20O3/c1-5-11-17-13-6-8-14(9-7-13)18-15(2,3)10-12-16-4/h1,6-9H,10-12H2,2-4H3. The van der Waals surface area contributed by atoms with Gasteiger partial charge < -0.3 is 14.2 Å². The molecule has 18 heavy (non-hydrogen) atoms. The maximum atomic E-state index is 5.89. The molecule has 0 aromatic heterocycles. The van der Waals surface area contributed by atoms with E-state index in [4.69, 9.17) is 20.6 Å². The molecule has 0 saturated carbocycles. The van der Waals surface area contributed by atoms with Crippen LogP contribution in [0, 0.1) is 12.3 Å². The van der Waals surface area contributed by atoms with Gasteiger partial charge in [0.1, 0.15) is 23.7 Å². The lowest BCUT2D eigenvalue weighted by Crippen LogP contribution is -2.29. The smallest absolute Gasteiger partial charge is 0.148 e. The van der Waals surface area contributed by atoms with E-state index in [0.29, 0.717) is 6.61 Å². The van der Waals surface area contributed by atoms with E-state index >= 15 is 0 Å². The molecule has 1 rings (SSSR count). The summed E-state index contributed by atoms with van der Waals surface area (Å²) in [5.41, 5.74) is -0.253. The molecule has 3 nitrogen and oxygen atoms in total. The third-order valence-corrected chi connectivity index (χ3v) is 2.45. The van der Waals surface area contributed by atoms with Crippen molar-refractivity contribution < 1.29 is 14.2 Å². The first-order valence-corrected chi connectivity index (χ1v) is 5.92. The summed E-state index contributed by atoms with van der Waals surface area (Å²) in [7, 11) is 1.69. The highest BCUT2D eigenvalue weighted by Gasteiger charge is 2.19. The number of methoxy groups -OCH3 is 1. The second-order valence-corrected chi connectivity index (χ2v) is 4.57. The first-order chi connectivity index (χ1) is 8.57. The maximum Gasteiger partial charge on any atom is 0.148 e. The summed E-state index contributed by atoms with van der Waals surface area (Å²) in [5.74, 6) is 3.98. The van der Waals surface area contributed by atoms with Crippen LogP contribution in [-0.4, -0.2) is 25.9 Å². The molecule has 1 aromatic rings. The van der Waals surface area contributed by atoms with E-state index in [0.717, 1.165) is 17.9 Å². The van der Waals surface area contributed by atoms with Gasteiger partial charge in [0.25, 0.3) is 0 Å². The average Bonchev–Trinajstić information content (AvgIpc) is 2.35. The zero-order valence-electron chi connectivity index (χ0n) is 11.2. The summed E-state index contributed by atoms with van der Waals surface area (Å²) in [6.45, 7) is 5.03. The van der Waals surface area contributed by atoms with E-state index in [1.54, 1.807) is 7.11 Å². The number of rotatable bonds is 7. The molecule has 0 unspecified atom stereocenters. The van der Waals surface area contributed by atoms with Gasteiger partial charge in [-0.05, 0) is 38.1 Å². The number of hydrogen-bond donors (Lipinski definition) is 0. The molecule has 0 amide bonds. The summed E-state index contributed by atoms with van der Waals surface area (Å²) < 4.78 is 16.2. The zero-order chi connectivity index (χ0) is 13.4. The van der Waals surface area contributed by atoms with Crippen molar-refractivity contribution >= 4 is 0 Å². The van der Waals surface area contributed by atoms with Gasteiger partial charge in [0.15, 0.2) is 0 Å². The van der Waals surface area contributed by atoms with Gasteiger partial charge in [0.05, 0.1) is 0 Å². The van der Waals surface area contributed by atoms with Gasteiger partial charge in [-0.2, -0.15) is 0 Å². The molecule has 98 valence electrons. The highest BCUT2D eigenvalue weighted by Crippen LogP contribution is 2.23. The normalized spacial score (nSPS) is 10.8. The number of terminal acetylenes is 1. The van der Waals surface area contributed by atoms with Gasteiger partial charge in [0.2, 0.25) is 0 Å². The third kappa shape index (κ3) is 5.11. The summed E-state index contributed by atoms with van der Waals surface area (Å²) >= 11 is 0. The maximum absolute atomic E-state index is 5.89. The molecule has 3 heteroatoms. The van der Waals surface area contributed by atoms with E-state index in [1.165, 1.54) is 0 Å². The minimum absolute atomic E-state index is 0.253. The topological polar surface area (TPSA) is 27.7 Å². The Morgan fingerprint density at radius 3 is 2.33 bits per heavy atom. The van der Waals surface area contributed by atoms with Gasteiger partial charge in [-0.15, -0.1) is 6.42 Å². The number of benzene rings is 1. The summed E-state index contributed by atoms with van der Waals surface area (Å²) in [6.07, 6.45) is 5.96. The van der Waals surface area contributed by atoms with Crippen molar-refractivity contribution in [2.45, 2.75) is 25.9 Å². The minimum Gasteiger partial charge on any atom is -0.488 e. The Balaban J connectivity index is 2.55. The molecule has 0 heterocycles. The molecule has 0 bridgehead atoms. The molecule has 0 spiro atoms. The molecule has 0 aliphatic heterocycles. The fourth-order valence-corrected chi connectivity index (χ4v) is 1.45. The van der Waals surface area contributed by atoms with Crippen LogP contribution in [0.4, 0.5) is 0 Å². The van der Waals surface area contributed by atoms with E-state index in [-0.39, 0.29) is 12.2 Å². The highest BCUT2D eigenvalue weighted by molar-refractivity contribution is 5.31. The fraction of sp³-hybridized carbons (Fsp3) is 0.467. The van der Waals surface area contributed by atoms with E-state index in [1.807, 2.05) is 38.1 Å². The van der Waals surface area contributed by atoms with Crippen LogP contribution in [0.5, 0.6) is 11.5 Å². The van der Waals surface area contributed by atoms with Crippen molar-refractivity contribution in [3.05, 3.63) is 24.3 Å². The van der Waals surface area contributed by atoms with Crippen LogP contribution < -0.4 is 9.47 Å². The first-order valence-electron chi connectivity index (χ1n) is 5.92. The molecule has 0 atom stereocenters. The lowest BCUT2D eigenvalue weighted by molar-refractivity contribution is 0.0629. The van der Waals surface area contributed by atoms with Gasteiger partial charge in [-0.1, -0.05) is 5.92 Å². The second-order valence-electron chi connectivity index (χ2n) is 4.57. The van der Waals surface area contributed by atoms with Gasteiger partial charge in [-0.25, -0.2) is 0 Å². The predicted molar refractivity (Wildman–Crippen MR) is 72.0 cm³/mol. The van der Waals surface area contributed by atoms with E-state index < -0.39 is 0 Å². The third-order valence-electron chi connectivity index (χ3n) is 2.45. The van der Waals surface area contributed by atoms with Gasteiger partial charge >= 0.3 is 0 Å². The molecule has 0 N–H and O–H groups in total. The Morgan fingerprint density at radius 1 is 1.17 bits per heavy atom. The van der Waals surface area contributed by atoms with Crippen LogP contribution >= 0.6 is 0 Å². The van der Waals surface area contributed by atoms with Crippen molar-refractivity contribution in [3.8, 4) is 23.8 Å². The number of ether oxygens (including phenoxy) is 3. The minimum atomic E-state index is -0.253. The van der Waals surface area contributed by atoms with Crippen LogP contribution in [0.1, 0.15) is 20.3 Å². The van der Waals surface area contributed by atoms with Crippen LogP contribution in [0.15, 0.2) is 24.3 Å². The molecule has 0 fully saturated rings. The Labute approximate surface area is 109 Å². The average molecular weight is 248 g/mol. The van der Waals surface area contributed by atoms with Gasteiger partial charge in [-0.3, -0.25) is 0 Å². The molecule has 0 aliphatic carbocycles. The van der Waals surface area contributed by atoms with Crippen molar-refractivity contribution in [1.82, 2.24) is 0 Å². The Hall–Kier alpha value is -1.66. The monoisotopic (exact) mass is 248 g/mol. The van der Waals surface area contributed by atoms with Crippen LogP contribution in [0.25, 0.3) is 0 Å². The largest absolute Gasteiger partial charge is 0.488 e. The number of hydrogen-bond acceptors (Lipinski definition) is 3. The van der Waals surface area contributed by atoms with Crippen LogP contribution in [0.3, 0.4) is 0 Å². The summed E-state index contributed by atoms with van der Waals surface area (Å²) in [5, 5.41) is 0.